The molecular formula is C21H16N2O2. The van der Waals surface area contributed by atoms with Crippen LogP contribution >= 0.6 is 0 Å². The smallest absolute Gasteiger partial charge is 0.309 e. The SMILES string of the molecule is O=C(O)Cc1cc(Nc2ccc3ccccc3c2)c2ccccc2n1. The molecule has 4 rings (SSSR count). The molecule has 4 nitrogen and oxygen atoms in total. The molecule has 4 aromatic rings. The molecule has 0 aliphatic rings. The molecule has 1 heterocycles. The van der Waals surface area contributed by atoms with E-state index in [1.165, 1.54) is 5.39 Å². The van der Waals surface area contributed by atoms with Gasteiger partial charge in [-0.25, -0.2) is 0 Å². The average molecular weight is 328 g/mol. The third-order valence-corrected chi connectivity index (χ3v) is 4.13. The predicted molar refractivity (Wildman–Crippen MR) is 100 cm³/mol. The van der Waals surface area contributed by atoms with Crippen LogP contribution in [-0.2, 0) is 11.2 Å². The van der Waals surface area contributed by atoms with Gasteiger partial charge in [-0.3, -0.25) is 9.78 Å². The van der Waals surface area contributed by atoms with E-state index in [0.717, 1.165) is 27.7 Å². The third kappa shape index (κ3) is 3.15. The number of nitrogens with one attached hydrogen (secondary N) is 1. The van der Waals surface area contributed by atoms with E-state index >= 15 is 0 Å². The molecule has 25 heavy (non-hydrogen) atoms. The molecule has 0 aliphatic carbocycles. The molecule has 0 unspecified atom stereocenters. The Hall–Kier alpha value is -3.40. The summed E-state index contributed by atoms with van der Waals surface area (Å²) in [5.74, 6) is -0.889. The summed E-state index contributed by atoms with van der Waals surface area (Å²) in [5.41, 5.74) is 3.13. The number of aromatic nitrogens is 1. The number of hydrogen-bond acceptors (Lipinski definition) is 3. The van der Waals surface area contributed by atoms with Gasteiger partial charge in [0.15, 0.2) is 0 Å². The minimum absolute atomic E-state index is 0.1000. The first-order valence-corrected chi connectivity index (χ1v) is 8.05. The Morgan fingerprint density at radius 1 is 0.920 bits per heavy atom. The summed E-state index contributed by atoms with van der Waals surface area (Å²) in [6.45, 7) is 0. The van der Waals surface area contributed by atoms with Crippen LogP contribution in [0.25, 0.3) is 21.7 Å². The van der Waals surface area contributed by atoms with Crippen LogP contribution in [0.15, 0.2) is 72.8 Å². The van der Waals surface area contributed by atoms with Gasteiger partial charge >= 0.3 is 5.97 Å². The van der Waals surface area contributed by atoms with Gasteiger partial charge in [0.1, 0.15) is 0 Å². The lowest BCUT2D eigenvalue weighted by Gasteiger charge is -2.12. The van der Waals surface area contributed by atoms with Gasteiger partial charge in [-0.15, -0.1) is 0 Å². The van der Waals surface area contributed by atoms with Gasteiger partial charge in [-0.05, 0) is 35.0 Å². The highest BCUT2D eigenvalue weighted by Crippen LogP contribution is 2.28. The second-order valence-corrected chi connectivity index (χ2v) is 5.94. The summed E-state index contributed by atoms with van der Waals surface area (Å²) in [6, 6.07) is 23.9. The van der Waals surface area contributed by atoms with Crippen molar-refractivity contribution in [1.82, 2.24) is 4.98 Å². The molecule has 0 radical (unpaired) electrons. The molecule has 1 aromatic heterocycles. The number of rotatable bonds is 4. The fourth-order valence-corrected chi connectivity index (χ4v) is 3.00. The maximum atomic E-state index is 11.1. The van der Waals surface area contributed by atoms with E-state index < -0.39 is 5.97 Å². The fraction of sp³-hybridized carbons (Fsp3) is 0.0476. The zero-order valence-corrected chi connectivity index (χ0v) is 13.4. The van der Waals surface area contributed by atoms with E-state index in [0.29, 0.717) is 5.69 Å². The zero-order chi connectivity index (χ0) is 17.2. The van der Waals surface area contributed by atoms with Crippen LogP contribution in [0.5, 0.6) is 0 Å². The number of carbonyl (C=O) groups is 1. The Morgan fingerprint density at radius 2 is 1.68 bits per heavy atom. The molecule has 2 N–H and O–H groups in total. The highest BCUT2D eigenvalue weighted by Gasteiger charge is 2.09. The van der Waals surface area contributed by atoms with E-state index in [4.69, 9.17) is 5.11 Å². The van der Waals surface area contributed by atoms with Gasteiger partial charge in [-0.2, -0.15) is 0 Å². The number of hydrogen-bond donors (Lipinski definition) is 2. The lowest BCUT2D eigenvalue weighted by molar-refractivity contribution is -0.136. The minimum atomic E-state index is -0.889. The monoisotopic (exact) mass is 328 g/mol. The van der Waals surface area contributed by atoms with Crippen LogP contribution in [0.1, 0.15) is 5.69 Å². The lowest BCUT2D eigenvalue weighted by Crippen LogP contribution is -2.04. The number of nitrogens with zero attached hydrogens (tertiary/aromatic N) is 1. The summed E-state index contributed by atoms with van der Waals surface area (Å²) >= 11 is 0. The maximum absolute atomic E-state index is 11.1. The van der Waals surface area contributed by atoms with Crippen molar-refractivity contribution in [2.24, 2.45) is 0 Å². The van der Waals surface area contributed by atoms with Crippen LogP contribution in [0, 0.1) is 0 Å². The first kappa shape index (κ1) is 15.1. The molecule has 0 saturated carbocycles. The zero-order valence-electron chi connectivity index (χ0n) is 13.4. The fourth-order valence-electron chi connectivity index (χ4n) is 3.00. The molecule has 0 atom stereocenters. The van der Waals surface area contributed by atoms with Crippen molar-refractivity contribution in [3.8, 4) is 0 Å². The molecule has 0 spiro atoms. The lowest BCUT2D eigenvalue weighted by atomic mass is 10.1. The van der Waals surface area contributed by atoms with Gasteiger partial charge in [0.2, 0.25) is 0 Å². The number of benzene rings is 3. The van der Waals surface area contributed by atoms with Crippen molar-refractivity contribution < 1.29 is 9.90 Å². The van der Waals surface area contributed by atoms with Crippen molar-refractivity contribution in [3.63, 3.8) is 0 Å². The van der Waals surface area contributed by atoms with Crippen LogP contribution in [0.4, 0.5) is 11.4 Å². The number of pyridine rings is 1. The Kier molecular flexibility index (Phi) is 3.78. The molecule has 0 saturated heterocycles. The second kappa shape index (κ2) is 6.24. The van der Waals surface area contributed by atoms with Crippen molar-refractivity contribution in [3.05, 3.63) is 78.5 Å². The van der Waals surface area contributed by atoms with Gasteiger partial charge in [0, 0.05) is 16.8 Å². The first-order chi connectivity index (χ1) is 12.2. The number of anilines is 2. The first-order valence-electron chi connectivity index (χ1n) is 8.05. The summed E-state index contributed by atoms with van der Waals surface area (Å²) < 4.78 is 0. The summed E-state index contributed by atoms with van der Waals surface area (Å²) in [6.07, 6.45) is -0.1000. The van der Waals surface area contributed by atoms with Gasteiger partial charge < -0.3 is 10.4 Å². The van der Waals surface area contributed by atoms with Gasteiger partial charge in [-0.1, -0.05) is 48.5 Å². The third-order valence-electron chi connectivity index (χ3n) is 4.13. The average Bonchev–Trinajstić information content (AvgIpc) is 2.61. The molecule has 3 aromatic carbocycles. The second-order valence-electron chi connectivity index (χ2n) is 5.94. The van der Waals surface area contributed by atoms with E-state index in [2.05, 4.69) is 34.6 Å². The Morgan fingerprint density at radius 3 is 2.52 bits per heavy atom. The number of carboxylic acid groups (broad SMARTS) is 1. The molecule has 0 fully saturated rings. The van der Waals surface area contributed by atoms with E-state index in [9.17, 15) is 4.79 Å². The number of aliphatic carboxylic acids is 1. The minimum Gasteiger partial charge on any atom is -0.481 e. The van der Waals surface area contributed by atoms with Crippen LogP contribution in [0.3, 0.4) is 0 Å². The van der Waals surface area contributed by atoms with E-state index in [1.807, 2.05) is 48.5 Å². The highest BCUT2D eigenvalue weighted by molar-refractivity contribution is 5.95. The normalized spacial score (nSPS) is 10.9. The summed E-state index contributed by atoms with van der Waals surface area (Å²) in [4.78, 5) is 15.5. The van der Waals surface area contributed by atoms with E-state index in [1.54, 1.807) is 0 Å². The number of fused-ring (bicyclic) bond motifs is 2. The Labute approximate surface area is 144 Å². The molecule has 0 bridgehead atoms. The predicted octanol–water partition coefficient (Wildman–Crippen LogP) is 4.76. The highest BCUT2D eigenvalue weighted by atomic mass is 16.4. The van der Waals surface area contributed by atoms with E-state index in [-0.39, 0.29) is 6.42 Å². The molecule has 122 valence electrons. The van der Waals surface area contributed by atoms with Crippen molar-refractivity contribution in [1.29, 1.82) is 0 Å². The summed E-state index contributed by atoms with van der Waals surface area (Å²) in [7, 11) is 0. The Balaban J connectivity index is 1.79. The molecule has 0 amide bonds. The number of carboxylic acids is 1. The van der Waals surface area contributed by atoms with Gasteiger partial charge in [0.25, 0.3) is 0 Å². The van der Waals surface area contributed by atoms with Crippen molar-refractivity contribution in [2.75, 3.05) is 5.32 Å². The van der Waals surface area contributed by atoms with Gasteiger partial charge in [0.05, 0.1) is 17.6 Å². The summed E-state index contributed by atoms with van der Waals surface area (Å²) in [5, 5.41) is 15.8. The standard InChI is InChI=1S/C21H16N2O2/c24-21(25)13-17-12-20(18-7-3-4-8-19(18)23-17)22-16-10-9-14-5-1-2-6-15(14)11-16/h1-12H,13H2,(H,22,23)(H,24,25). The quantitative estimate of drug-likeness (QED) is 0.567. The molecular weight excluding hydrogens is 312 g/mol. The molecule has 0 aliphatic heterocycles. The Bertz CT molecular complexity index is 1090. The topological polar surface area (TPSA) is 62.2 Å². The maximum Gasteiger partial charge on any atom is 0.309 e. The van der Waals surface area contributed by atoms with Crippen molar-refractivity contribution in [2.45, 2.75) is 6.42 Å². The van der Waals surface area contributed by atoms with Crippen LogP contribution in [-0.4, -0.2) is 16.1 Å². The van der Waals surface area contributed by atoms with Crippen LogP contribution in [0.2, 0.25) is 0 Å². The van der Waals surface area contributed by atoms with Crippen molar-refractivity contribution >= 4 is 39.0 Å². The largest absolute Gasteiger partial charge is 0.481 e. The van der Waals surface area contributed by atoms with Crippen LogP contribution < -0.4 is 5.32 Å². The number of para-hydroxylation sites is 1. The molecule has 4 heteroatoms.